The molecule has 4 rings (SSSR count). The number of halogens is 4. The number of hydrogen-bond donors (Lipinski definition) is 0. The van der Waals surface area contributed by atoms with Crippen LogP contribution in [0.2, 0.25) is 5.02 Å². The number of hydrogen-bond acceptors (Lipinski definition) is 7. The lowest BCUT2D eigenvalue weighted by Gasteiger charge is -2.41. The predicted octanol–water partition coefficient (Wildman–Crippen LogP) is 3.77. The number of carbonyl (C=O) groups is 1. The summed E-state index contributed by atoms with van der Waals surface area (Å²) in [6, 6.07) is 10.2. The monoisotopic (exact) mass is 502 g/mol. The zero-order valence-electron chi connectivity index (χ0n) is 18.1. The first-order valence-corrected chi connectivity index (χ1v) is 10.8. The van der Waals surface area contributed by atoms with E-state index >= 15 is 0 Å². The minimum absolute atomic E-state index is 0.0245. The summed E-state index contributed by atoms with van der Waals surface area (Å²) in [4.78, 5) is 18.9. The molecule has 2 atom stereocenters. The molecule has 1 amide bonds. The van der Waals surface area contributed by atoms with Crippen molar-refractivity contribution < 1.29 is 41.7 Å². The summed E-state index contributed by atoms with van der Waals surface area (Å²) in [7, 11) is 1.32. The van der Waals surface area contributed by atoms with Gasteiger partial charge in [-0.2, -0.15) is 0 Å². The van der Waals surface area contributed by atoms with Gasteiger partial charge in [-0.05, 0) is 29.8 Å². The van der Waals surface area contributed by atoms with Crippen LogP contribution >= 0.6 is 11.6 Å². The molecule has 1 aromatic heterocycles. The number of benzene rings is 1. The lowest BCUT2D eigenvalue weighted by atomic mass is 9.82. The van der Waals surface area contributed by atoms with Crippen molar-refractivity contribution in [3.8, 4) is 11.6 Å². The van der Waals surface area contributed by atoms with E-state index in [1.807, 2.05) is 18.2 Å². The summed E-state index contributed by atoms with van der Waals surface area (Å²) in [6.07, 6.45) is -4.63. The van der Waals surface area contributed by atoms with Gasteiger partial charge >= 0.3 is 6.36 Å². The van der Waals surface area contributed by atoms with Crippen molar-refractivity contribution in [2.75, 3.05) is 40.2 Å². The lowest BCUT2D eigenvalue weighted by Crippen LogP contribution is -2.53. The fourth-order valence-electron chi connectivity index (χ4n) is 4.10. The Morgan fingerprint density at radius 2 is 2.12 bits per heavy atom. The van der Waals surface area contributed by atoms with Gasteiger partial charge < -0.3 is 23.8 Å². The Morgan fingerprint density at radius 1 is 1.29 bits per heavy atom. The van der Waals surface area contributed by atoms with Crippen molar-refractivity contribution in [2.45, 2.75) is 24.5 Å². The third-order valence-electron chi connectivity index (χ3n) is 5.69. The van der Waals surface area contributed by atoms with Crippen molar-refractivity contribution >= 4 is 17.5 Å². The maximum Gasteiger partial charge on any atom is 0.522 e. The number of rotatable bonds is 7. The van der Waals surface area contributed by atoms with E-state index in [0.29, 0.717) is 18.0 Å². The Labute approximate surface area is 198 Å². The third-order valence-corrected chi connectivity index (χ3v) is 5.93. The quantitative estimate of drug-likeness (QED) is 0.533. The number of likely N-dealkylation sites (tertiary alicyclic amines) is 1. The van der Waals surface area contributed by atoms with Gasteiger partial charge in [0.05, 0.1) is 20.3 Å². The van der Waals surface area contributed by atoms with E-state index in [1.165, 1.54) is 19.2 Å². The van der Waals surface area contributed by atoms with Gasteiger partial charge in [-0.25, -0.2) is 4.98 Å². The molecule has 2 aliphatic heterocycles. The number of piperidine rings is 1. The minimum Gasteiger partial charge on any atom is -0.486 e. The second-order valence-corrected chi connectivity index (χ2v) is 8.10. The van der Waals surface area contributed by atoms with Crippen molar-refractivity contribution in [1.82, 2.24) is 9.88 Å². The largest absolute Gasteiger partial charge is 0.522 e. The lowest BCUT2D eigenvalue weighted by molar-refractivity contribution is -0.325. The van der Waals surface area contributed by atoms with E-state index in [2.05, 4.69) is 9.72 Å². The maximum absolute atomic E-state index is 13.1. The average molecular weight is 503 g/mol. The van der Waals surface area contributed by atoms with Crippen LogP contribution in [0.1, 0.15) is 22.5 Å². The number of aromatic nitrogens is 1. The zero-order chi connectivity index (χ0) is 24.3. The van der Waals surface area contributed by atoms with E-state index in [9.17, 15) is 18.0 Å². The van der Waals surface area contributed by atoms with Crippen LogP contribution in [-0.4, -0.2) is 68.5 Å². The molecule has 0 N–H and O–H groups in total. The molecule has 8 nitrogen and oxygen atoms in total. The van der Waals surface area contributed by atoms with Crippen LogP contribution in [0.25, 0.3) is 0 Å². The second-order valence-electron chi connectivity index (χ2n) is 7.67. The summed E-state index contributed by atoms with van der Waals surface area (Å²) in [5.74, 6) is -0.278. The Balaban J connectivity index is 1.43. The van der Waals surface area contributed by atoms with Crippen LogP contribution in [-0.2, 0) is 19.8 Å². The van der Waals surface area contributed by atoms with Crippen LogP contribution in [0.5, 0.6) is 11.6 Å². The van der Waals surface area contributed by atoms with Crippen molar-refractivity contribution in [3.63, 3.8) is 0 Å². The fourth-order valence-corrected chi connectivity index (χ4v) is 4.29. The summed E-state index contributed by atoms with van der Waals surface area (Å²) in [5.41, 5.74) is 0.304. The summed E-state index contributed by atoms with van der Waals surface area (Å²) in [5, 5.41) is 0.586. The van der Waals surface area contributed by atoms with Crippen molar-refractivity contribution in [1.29, 1.82) is 0 Å². The highest BCUT2D eigenvalue weighted by molar-refractivity contribution is 6.30. The standard InChI is InChI=1S/C22H22ClF3N2O6/c1-30-19-17(31-9-10-33-22(24,25)26)6-5-16(27-19)20(29)28-8-7-21(18(12-28)32-13-34-21)14-3-2-4-15(23)11-14/h2-6,11,18H,7-10,12-13H2,1H3. The highest BCUT2D eigenvalue weighted by atomic mass is 35.5. The molecule has 2 unspecified atom stereocenters. The Bertz CT molecular complexity index is 1040. The Hall–Kier alpha value is -2.60. The SMILES string of the molecule is COc1nc(C(=O)N2CCC3(c4cccc(Cl)c4)OCOC3C2)ccc1OCCOC(F)(F)F. The van der Waals surface area contributed by atoms with Crippen LogP contribution < -0.4 is 9.47 Å². The first kappa shape index (κ1) is 24.5. The molecule has 2 aromatic rings. The number of methoxy groups -OCH3 is 1. The topological polar surface area (TPSA) is 79.4 Å². The molecule has 0 bridgehead atoms. The van der Waals surface area contributed by atoms with E-state index in [1.54, 1.807) is 11.0 Å². The molecule has 3 heterocycles. The number of nitrogens with zero attached hydrogens (tertiary/aromatic N) is 2. The Morgan fingerprint density at radius 3 is 2.85 bits per heavy atom. The van der Waals surface area contributed by atoms with Crippen molar-refractivity contribution in [3.05, 3.63) is 52.7 Å². The van der Waals surface area contributed by atoms with Crippen molar-refractivity contribution in [2.24, 2.45) is 0 Å². The van der Waals surface area contributed by atoms with Gasteiger partial charge in [0.2, 0.25) is 0 Å². The molecule has 0 aliphatic carbocycles. The number of pyridine rings is 1. The second kappa shape index (κ2) is 9.95. The number of amides is 1. The number of fused-ring (bicyclic) bond motifs is 1. The van der Waals surface area contributed by atoms with Gasteiger partial charge in [0, 0.05) is 18.0 Å². The van der Waals surface area contributed by atoms with Gasteiger partial charge in [-0.15, -0.1) is 13.2 Å². The smallest absolute Gasteiger partial charge is 0.486 e. The third kappa shape index (κ3) is 5.22. The van der Waals surface area contributed by atoms with Gasteiger partial charge in [0.15, 0.2) is 5.75 Å². The molecular weight excluding hydrogens is 481 g/mol. The highest BCUT2D eigenvalue weighted by Crippen LogP contribution is 2.43. The summed E-state index contributed by atoms with van der Waals surface area (Å²) < 4.78 is 62.1. The zero-order valence-corrected chi connectivity index (χ0v) is 18.9. The number of alkyl halides is 3. The van der Waals surface area contributed by atoms with Crippen LogP contribution in [0.4, 0.5) is 13.2 Å². The summed E-state index contributed by atoms with van der Waals surface area (Å²) in [6.45, 7) is -0.291. The van der Waals surface area contributed by atoms with E-state index < -0.39 is 18.6 Å². The Kier molecular flexibility index (Phi) is 7.17. The van der Waals surface area contributed by atoms with Gasteiger partial charge in [-0.1, -0.05) is 23.7 Å². The average Bonchev–Trinajstić information content (AvgIpc) is 3.25. The normalized spacial score (nSPS) is 22.4. The molecular formula is C22H22ClF3N2O6. The molecule has 1 aromatic carbocycles. The van der Waals surface area contributed by atoms with Gasteiger partial charge in [-0.3, -0.25) is 9.53 Å². The van der Waals surface area contributed by atoms with Gasteiger partial charge in [0.1, 0.15) is 30.8 Å². The first-order chi connectivity index (χ1) is 16.2. The van der Waals surface area contributed by atoms with Crippen LogP contribution in [0.15, 0.2) is 36.4 Å². The van der Waals surface area contributed by atoms with E-state index in [-0.39, 0.29) is 49.3 Å². The van der Waals surface area contributed by atoms with Gasteiger partial charge in [0.25, 0.3) is 11.8 Å². The molecule has 2 saturated heterocycles. The maximum atomic E-state index is 13.1. The molecule has 0 saturated carbocycles. The molecule has 12 heteroatoms. The molecule has 184 valence electrons. The molecule has 2 fully saturated rings. The molecule has 0 radical (unpaired) electrons. The predicted molar refractivity (Wildman–Crippen MR) is 113 cm³/mol. The first-order valence-electron chi connectivity index (χ1n) is 10.4. The van der Waals surface area contributed by atoms with E-state index in [4.69, 9.17) is 30.5 Å². The number of ether oxygens (including phenoxy) is 5. The molecule has 34 heavy (non-hydrogen) atoms. The highest BCUT2D eigenvalue weighted by Gasteiger charge is 2.51. The number of carbonyl (C=O) groups excluding carboxylic acids is 1. The minimum atomic E-state index is -4.74. The molecule has 0 spiro atoms. The van der Waals surface area contributed by atoms with Crippen LogP contribution in [0, 0.1) is 0 Å². The molecule has 2 aliphatic rings. The fraction of sp³-hybridized carbons (Fsp3) is 0.455. The van der Waals surface area contributed by atoms with Crippen LogP contribution in [0.3, 0.4) is 0 Å². The van der Waals surface area contributed by atoms with E-state index in [0.717, 1.165) is 5.56 Å². The summed E-state index contributed by atoms with van der Waals surface area (Å²) >= 11 is 6.16.